The first kappa shape index (κ1) is 18.6. The highest BCUT2D eigenvalue weighted by molar-refractivity contribution is 6.22. The second-order valence-electron chi connectivity index (χ2n) is 6.51. The summed E-state index contributed by atoms with van der Waals surface area (Å²) in [4.78, 5) is 38.2. The minimum atomic E-state index is -0.866. The van der Waals surface area contributed by atoms with E-state index < -0.39 is 17.9 Å². The lowest BCUT2D eigenvalue weighted by molar-refractivity contribution is -0.124. The SMILES string of the molecule is Cc1cccc(OCCCNC(=O)C(C)N2C(=O)c3ccccc3C2=O)c1. The minimum Gasteiger partial charge on any atom is -0.494 e. The van der Waals surface area contributed by atoms with Crippen molar-refractivity contribution in [3.8, 4) is 5.75 Å². The van der Waals surface area contributed by atoms with Gasteiger partial charge < -0.3 is 10.1 Å². The first-order chi connectivity index (χ1) is 13.0. The first-order valence-electron chi connectivity index (χ1n) is 8.93. The molecule has 0 saturated carbocycles. The van der Waals surface area contributed by atoms with E-state index in [2.05, 4.69) is 5.32 Å². The minimum absolute atomic E-state index is 0.341. The number of rotatable bonds is 7. The summed E-state index contributed by atoms with van der Waals surface area (Å²) in [7, 11) is 0. The van der Waals surface area contributed by atoms with Gasteiger partial charge in [-0.2, -0.15) is 0 Å². The number of hydrogen-bond acceptors (Lipinski definition) is 4. The molecule has 1 N–H and O–H groups in total. The molecule has 6 nitrogen and oxygen atoms in total. The molecule has 0 aliphatic carbocycles. The second-order valence-corrected chi connectivity index (χ2v) is 6.51. The number of fused-ring (bicyclic) bond motifs is 1. The molecule has 1 heterocycles. The molecule has 6 heteroatoms. The summed E-state index contributed by atoms with van der Waals surface area (Å²) in [6, 6.07) is 13.5. The smallest absolute Gasteiger partial charge is 0.262 e. The van der Waals surface area contributed by atoms with Crippen molar-refractivity contribution < 1.29 is 19.1 Å². The van der Waals surface area contributed by atoms with Crippen LogP contribution in [0, 0.1) is 6.92 Å². The van der Waals surface area contributed by atoms with Crippen LogP contribution in [0.4, 0.5) is 0 Å². The third kappa shape index (κ3) is 4.00. The highest BCUT2D eigenvalue weighted by Crippen LogP contribution is 2.24. The van der Waals surface area contributed by atoms with Gasteiger partial charge in [0.1, 0.15) is 11.8 Å². The predicted octanol–water partition coefficient (Wildman–Crippen LogP) is 2.56. The molecule has 1 unspecified atom stereocenters. The van der Waals surface area contributed by atoms with Gasteiger partial charge in [0.05, 0.1) is 17.7 Å². The fourth-order valence-electron chi connectivity index (χ4n) is 3.00. The molecule has 0 spiro atoms. The van der Waals surface area contributed by atoms with E-state index in [4.69, 9.17) is 4.74 Å². The lowest BCUT2D eigenvalue weighted by atomic mass is 10.1. The maximum atomic E-state index is 12.4. The number of carbonyl (C=O) groups is 3. The summed E-state index contributed by atoms with van der Waals surface area (Å²) in [5.74, 6) is -0.428. The topological polar surface area (TPSA) is 75.7 Å². The summed E-state index contributed by atoms with van der Waals surface area (Å²) in [6.45, 7) is 4.41. The molecule has 0 aromatic heterocycles. The maximum absolute atomic E-state index is 12.4. The van der Waals surface area contributed by atoms with Gasteiger partial charge in [-0.3, -0.25) is 19.3 Å². The summed E-state index contributed by atoms with van der Waals surface area (Å²) in [5.41, 5.74) is 1.80. The molecule has 0 saturated heterocycles. The van der Waals surface area contributed by atoms with Crippen molar-refractivity contribution in [1.82, 2.24) is 10.2 Å². The van der Waals surface area contributed by atoms with Crippen molar-refractivity contribution in [3.05, 3.63) is 65.2 Å². The number of aryl methyl sites for hydroxylation is 1. The van der Waals surface area contributed by atoms with Crippen LogP contribution in [0.25, 0.3) is 0 Å². The van der Waals surface area contributed by atoms with Gasteiger partial charge >= 0.3 is 0 Å². The zero-order valence-electron chi connectivity index (χ0n) is 15.4. The molecule has 1 aliphatic heterocycles. The molecule has 1 aliphatic rings. The number of nitrogens with one attached hydrogen (secondary N) is 1. The number of ether oxygens (including phenoxy) is 1. The second kappa shape index (κ2) is 8.03. The van der Waals surface area contributed by atoms with Crippen LogP contribution in [0.5, 0.6) is 5.75 Å². The number of nitrogens with zero attached hydrogens (tertiary/aromatic N) is 1. The Bertz CT molecular complexity index is 843. The summed E-state index contributed by atoms with van der Waals surface area (Å²) in [5, 5.41) is 2.76. The van der Waals surface area contributed by atoms with Crippen LogP contribution in [0.3, 0.4) is 0 Å². The van der Waals surface area contributed by atoms with Gasteiger partial charge in [-0.25, -0.2) is 0 Å². The summed E-state index contributed by atoms with van der Waals surface area (Å²) in [6.07, 6.45) is 0.620. The average molecular weight is 366 g/mol. The Labute approximate surface area is 158 Å². The van der Waals surface area contributed by atoms with E-state index in [0.717, 1.165) is 16.2 Å². The lowest BCUT2D eigenvalue weighted by Crippen LogP contribution is -2.48. The Balaban J connectivity index is 1.47. The van der Waals surface area contributed by atoms with Crippen molar-refractivity contribution in [2.24, 2.45) is 0 Å². The Morgan fingerprint density at radius 3 is 2.37 bits per heavy atom. The van der Waals surface area contributed by atoms with Crippen LogP contribution >= 0.6 is 0 Å². The van der Waals surface area contributed by atoms with Gasteiger partial charge in [0.15, 0.2) is 0 Å². The molecular weight excluding hydrogens is 344 g/mol. The van der Waals surface area contributed by atoms with Crippen LogP contribution < -0.4 is 10.1 Å². The summed E-state index contributed by atoms with van der Waals surface area (Å²) < 4.78 is 5.64. The monoisotopic (exact) mass is 366 g/mol. The summed E-state index contributed by atoms with van der Waals surface area (Å²) >= 11 is 0. The van der Waals surface area contributed by atoms with E-state index >= 15 is 0 Å². The Morgan fingerprint density at radius 2 is 1.74 bits per heavy atom. The molecule has 0 bridgehead atoms. The first-order valence-corrected chi connectivity index (χ1v) is 8.93. The van der Waals surface area contributed by atoms with E-state index in [1.54, 1.807) is 31.2 Å². The fourth-order valence-corrected chi connectivity index (χ4v) is 3.00. The maximum Gasteiger partial charge on any atom is 0.262 e. The number of amides is 3. The van der Waals surface area contributed by atoms with Crippen molar-refractivity contribution in [2.45, 2.75) is 26.3 Å². The average Bonchev–Trinajstić information content (AvgIpc) is 2.92. The van der Waals surface area contributed by atoms with Gasteiger partial charge in [0, 0.05) is 6.54 Å². The van der Waals surface area contributed by atoms with E-state index in [9.17, 15) is 14.4 Å². The predicted molar refractivity (Wildman–Crippen MR) is 101 cm³/mol. The third-order valence-electron chi connectivity index (χ3n) is 4.47. The molecule has 0 fully saturated rings. The number of hydrogen-bond donors (Lipinski definition) is 1. The van der Waals surface area contributed by atoms with E-state index in [1.807, 2.05) is 31.2 Å². The Hall–Kier alpha value is -3.15. The number of imide groups is 1. The van der Waals surface area contributed by atoms with Crippen LogP contribution in [-0.2, 0) is 4.79 Å². The fraction of sp³-hybridized carbons (Fsp3) is 0.286. The molecule has 1 atom stereocenters. The molecule has 2 aromatic rings. The molecule has 3 rings (SSSR count). The van der Waals surface area contributed by atoms with Crippen molar-refractivity contribution in [2.75, 3.05) is 13.2 Å². The Morgan fingerprint density at radius 1 is 1.07 bits per heavy atom. The lowest BCUT2D eigenvalue weighted by Gasteiger charge is -2.21. The molecule has 3 amide bonds. The highest BCUT2D eigenvalue weighted by atomic mass is 16.5. The van der Waals surface area contributed by atoms with E-state index in [-0.39, 0.29) is 5.91 Å². The van der Waals surface area contributed by atoms with Gasteiger partial charge in [0.25, 0.3) is 11.8 Å². The van der Waals surface area contributed by atoms with Crippen molar-refractivity contribution in [1.29, 1.82) is 0 Å². The van der Waals surface area contributed by atoms with E-state index in [1.165, 1.54) is 0 Å². The molecule has 2 aromatic carbocycles. The number of carbonyl (C=O) groups excluding carboxylic acids is 3. The zero-order chi connectivity index (χ0) is 19.4. The quantitative estimate of drug-likeness (QED) is 0.604. The third-order valence-corrected chi connectivity index (χ3v) is 4.47. The van der Waals surface area contributed by atoms with Gasteiger partial charge in [-0.15, -0.1) is 0 Å². The Kier molecular flexibility index (Phi) is 5.54. The number of benzene rings is 2. The van der Waals surface area contributed by atoms with Crippen LogP contribution in [-0.4, -0.2) is 41.8 Å². The van der Waals surface area contributed by atoms with Crippen LogP contribution in [0.15, 0.2) is 48.5 Å². The molecule has 140 valence electrons. The largest absolute Gasteiger partial charge is 0.494 e. The zero-order valence-corrected chi connectivity index (χ0v) is 15.4. The molecule has 27 heavy (non-hydrogen) atoms. The molecule has 0 radical (unpaired) electrons. The standard InChI is InChI=1S/C21H22N2O4/c1-14-7-5-8-16(13-14)27-12-6-11-22-19(24)15(2)23-20(25)17-9-3-4-10-18(17)21(23)26/h3-5,7-10,13,15H,6,11-12H2,1-2H3,(H,22,24). The van der Waals surface area contributed by atoms with Crippen molar-refractivity contribution in [3.63, 3.8) is 0 Å². The van der Waals surface area contributed by atoms with Gasteiger partial charge in [0.2, 0.25) is 5.91 Å². The van der Waals surface area contributed by atoms with Crippen LogP contribution in [0.2, 0.25) is 0 Å². The van der Waals surface area contributed by atoms with Crippen LogP contribution in [0.1, 0.15) is 39.6 Å². The van der Waals surface area contributed by atoms with Gasteiger partial charge in [-0.05, 0) is 50.1 Å². The van der Waals surface area contributed by atoms with Crippen molar-refractivity contribution >= 4 is 17.7 Å². The van der Waals surface area contributed by atoms with E-state index in [0.29, 0.717) is 30.7 Å². The van der Waals surface area contributed by atoms with Gasteiger partial charge in [-0.1, -0.05) is 24.3 Å². The molecular formula is C21H22N2O4. The highest BCUT2D eigenvalue weighted by Gasteiger charge is 2.40. The normalized spacial score (nSPS) is 14.1.